The zero-order chi connectivity index (χ0) is 29.6. The van der Waals surface area contributed by atoms with Crippen molar-refractivity contribution in [2.45, 2.75) is 38.9 Å². The van der Waals surface area contributed by atoms with E-state index in [2.05, 4.69) is 5.32 Å². The summed E-state index contributed by atoms with van der Waals surface area (Å²) >= 11 is 25.0. The van der Waals surface area contributed by atoms with Crippen molar-refractivity contribution in [3.63, 3.8) is 0 Å². The molecule has 0 aliphatic heterocycles. The van der Waals surface area contributed by atoms with Gasteiger partial charge in [-0.1, -0.05) is 94.9 Å². The monoisotopic (exact) mass is 643 g/mol. The van der Waals surface area contributed by atoms with E-state index in [0.29, 0.717) is 10.6 Å². The number of carbonyl (C=O) groups excluding carboxylic acids is 2. The van der Waals surface area contributed by atoms with Crippen LogP contribution in [-0.4, -0.2) is 50.0 Å². The van der Waals surface area contributed by atoms with E-state index in [0.717, 1.165) is 16.1 Å². The normalized spacial score (nSPS) is 12.2. The van der Waals surface area contributed by atoms with E-state index in [9.17, 15) is 18.0 Å². The highest BCUT2D eigenvalue weighted by molar-refractivity contribution is 7.92. The average Bonchev–Trinajstić information content (AvgIpc) is 2.87. The molecule has 7 nitrogen and oxygen atoms in total. The van der Waals surface area contributed by atoms with Crippen molar-refractivity contribution < 1.29 is 18.0 Å². The number of sulfonamides is 1. The summed E-state index contributed by atoms with van der Waals surface area (Å²) in [4.78, 5) is 29.0. The highest BCUT2D eigenvalue weighted by atomic mass is 35.5. The van der Waals surface area contributed by atoms with Gasteiger partial charge in [0.25, 0.3) is 0 Å². The summed E-state index contributed by atoms with van der Waals surface area (Å²) in [5, 5.41) is 3.47. The minimum absolute atomic E-state index is 0.0105. The molecule has 0 aromatic heterocycles. The molecule has 0 radical (unpaired) electrons. The number of halogens is 4. The summed E-state index contributed by atoms with van der Waals surface area (Å²) < 4.78 is 26.7. The molecule has 0 saturated heterocycles. The lowest BCUT2D eigenvalue weighted by Gasteiger charge is -2.34. The van der Waals surface area contributed by atoms with Gasteiger partial charge in [-0.3, -0.25) is 13.9 Å². The molecule has 0 fully saturated rings. The first-order valence-corrected chi connectivity index (χ1v) is 15.6. The minimum atomic E-state index is -4.03. The zero-order valence-electron chi connectivity index (χ0n) is 22.1. The molecule has 0 spiro atoms. The molecule has 0 saturated carbocycles. The first-order chi connectivity index (χ1) is 18.8. The van der Waals surface area contributed by atoms with Gasteiger partial charge in [0.1, 0.15) is 12.6 Å². The summed E-state index contributed by atoms with van der Waals surface area (Å²) in [6.45, 7) is 2.93. The SMILES string of the molecule is CC(C)NC(=O)C(Cc1ccccc1)N(Cc1ccccc1Cl)C(=O)CN(c1cc(Cl)c(Cl)cc1Cl)S(C)(=O)=O. The summed E-state index contributed by atoms with van der Waals surface area (Å²) in [5.41, 5.74) is 1.39. The number of hydrogen-bond donors (Lipinski definition) is 1. The lowest BCUT2D eigenvalue weighted by molar-refractivity contribution is -0.140. The Morgan fingerprint density at radius 2 is 1.45 bits per heavy atom. The second kappa shape index (κ2) is 13.9. The fourth-order valence-electron chi connectivity index (χ4n) is 4.04. The van der Waals surface area contributed by atoms with Gasteiger partial charge in [-0.15, -0.1) is 0 Å². The minimum Gasteiger partial charge on any atom is -0.352 e. The molecule has 0 aliphatic carbocycles. The number of carbonyl (C=O) groups is 2. The first kappa shape index (κ1) is 32.0. The lowest BCUT2D eigenvalue weighted by Crippen LogP contribution is -2.54. The maximum Gasteiger partial charge on any atom is 0.244 e. The molecule has 1 unspecified atom stereocenters. The van der Waals surface area contributed by atoms with Crippen LogP contribution in [0.25, 0.3) is 0 Å². The largest absolute Gasteiger partial charge is 0.352 e. The number of benzene rings is 3. The molecule has 12 heteroatoms. The third-order valence-electron chi connectivity index (χ3n) is 5.94. The van der Waals surface area contributed by atoms with Crippen LogP contribution >= 0.6 is 46.4 Å². The van der Waals surface area contributed by atoms with Gasteiger partial charge in [0.2, 0.25) is 21.8 Å². The Bertz CT molecular complexity index is 1470. The van der Waals surface area contributed by atoms with Crippen molar-refractivity contribution >= 4 is 73.9 Å². The zero-order valence-corrected chi connectivity index (χ0v) is 25.9. The van der Waals surface area contributed by atoms with Crippen molar-refractivity contribution in [3.05, 3.63) is 97.9 Å². The molecule has 40 heavy (non-hydrogen) atoms. The Morgan fingerprint density at radius 1 is 0.850 bits per heavy atom. The van der Waals surface area contributed by atoms with E-state index in [1.807, 2.05) is 44.2 Å². The number of amides is 2. The fraction of sp³-hybridized carbons (Fsp3) is 0.286. The van der Waals surface area contributed by atoms with Gasteiger partial charge >= 0.3 is 0 Å². The summed E-state index contributed by atoms with van der Waals surface area (Å²) in [7, 11) is -4.03. The predicted octanol–water partition coefficient (Wildman–Crippen LogP) is 6.23. The van der Waals surface area contributed by atoms with Gasteiger partial charge in [0.05, 0.1) is 27.0 Å². The first-order valence-electron chi connectivity index (χ1n) is 12.3. The van der Waals surface area contributed by atoms with E-state index in [1.54, 1.807) is 24.3 Å². The van der Waals surface area contributed by atoms with Gasteiger partial charge in [-0.05, 0) is 43.2 Å². The standard InChI is InChI=1S/C28H29Cl4N3O4S/c1-18(2)33-28(37)26(13-19-9-5-4-6-10-19)34(16-20-11-7-8-12-21(20)29)27(36)17-35(40(3,38)39)25-15-23(31)22(30)14-24(25)32/h4-12,14-15,18,26H,13,16-17H2,1-3H3,(H,33,37). The van der Waals surface area contributed by atoms with Crippen LogP contribution in [0.5, 0.6) is 0 Å². The van der Waals surface area contributed by atoms with Crippen LogP contribution in [0.15, 0.2) is 66.7 Å². The number of nitrogens with zero attached hydrogens (tertiary/aromatic N) is 2. The number of hydrogen-bond acceptors (Lipinski definition) is 4. The molecule has 3 aromatic carbocycles. The van der Waals surface area contributed by atoms with Crippen molar-refractivity contribution in [1.82, 2.24) is 10.2 Å². The van der Waals surface area contributed by atoms with Crippen LogP contribution in [0.3, 0.4) is 0 Å². The van der Waals surface area contributed by atoms with Crippen LogP contribution < -0.4 is 9.62 Å². The summed E-state index contributed by atoms with van der Waals surface area (Å²) in [6, 6.07) is 17.6. The van der Waals surface area contributed by atoms with Gasteiger partial charge in [0.15, 0.2) is 0 Å². The van der Waals surface area contributed by atoms with E-state index in [1.165, 1.54) is 17.0 Å². The molecule has 1 atom stereocenters. The molecule has 2 amide bonds. The number of nitrogens with one attached hydrogen (secondary N) is 1. The van der Waals surface area contributed by atoms with E-state index in [-0.39, 0.29) is 39.8 Å². The van der Waals surface area contributed by atoms with Crippen molar-refractivity contribution in [1.29, 1.82) is 0 Å². The van der Waals surface area contributed by atoms with E-state index in [4.69, 9.17) is 46.4 Å². The molecular formula is C28H29Cl4N3O4S. The Kier molecular flexibility index (Phi) is 11.1. The number of anilines is 1. The van der Waals surface area contributed by atoms with Crippen LogP contribution in [-0.2, 0) is 32.6 Å². The molecule has 0 aliphatic rings. The van der Waals surface area contributed by atoms with E-state index < -0.39 is 34.4 Å². The van der Waals surface area contributed by atoms with Crippen molar-refractivity contribution in [3.8, 4) is 0 Å². The third-order valence-corrected chi connectivity index (χ3v) is 8.46. The Hall–Kier alpha value is -2.49. The van der Waals surface area contributed by atoms with Gasteiger partial charge in [-0.2, -0.15) is 0 Å². The van der Waals surface area contributed by atoms with Crippen LogP contribution in [0.2, 0.25) is 20.1 Å². The highest BCUT2D eigenvalue weighted by Crippen LogP contribution is 2.35. The summed E-state index contributed by atoms with van der Waals surface area (Å²) in [5.74, 6) is -1.04. The quantitative estimate of drug-likeness (QED) is 0.251. The smallest absolute Gasteiger partial charge is 0.244 e. The van der Waals surface area contributed by atoms with Crippen LogP contribution in [0.4, 0.5) is 5.69 Å². The maximum atomic E-state index is 14.1. The van der Waals surface area contributed by atoms with Crippen molar-refractivity contribution in [2.75, 3.05) is 17.1 Å². The molecular weight excluding hydrogens is 616 g/mol. The van der Waals surface area contributed by atoms with Crippen LogP contribution in [0.1, 0.15) is 25.0 Å². The second-order valence-corrected chi connectivity index (χ2v) is 13.0. The average molecular weight is 645 g/mol. The Labute approximate surface area is 255 Å². The maximum absolute atomic E-state index is 14.1. The third kappa shape index (κ3) is 8.51. The highest BCUT2D eigenvalue weighted by Gasteiger charge is 2.34. The fourth-order valence-corrected chi connectivity index (χ4v) is 5.78. The van der Waals surface area contributed by atoms with Crippen LogP contribution in [0, 0.1) is 0 Å². The Morgan fingerprint density at radius 3 is 2.05 bits per heavy atom. The predicted molar refractivity (Wildman–Crippen MR) is 163 cm³/mol. The molecule has 3 aromatic rings. The lowest BCUT2D eigenvalue weighted by atomic mass is 10.0. The summed E-state index contributed by atoms with van der Waals surface area (Å²) in [6.07, 6.45) is 1.13. The molecule has 1 N–H and O–H groups in total. The molecule has 0 bridgehead atoms. The number of rotatable bonds is 11. The van der Waals surface area contributed by atoms with Gasteiger partial charge in [-0.25, -0.2) is 8.42 Å². The second-order valence-electron chi connectivity index (χ2n) is 9.47. The molecule has 3 rings (SSSR count). The van der Waals surface area contributed by atoms with Crippen molar-refractivity contribution in [2.24, 2.45) is 0 Å². The van der Waals surface area contributed by atoms with E-state index >= 15 is 0 Å². The topological polar surface area (TPSA) is 86.8 Å². The van der Waals surface area contributed by atoms with Gasteiger partial charge in [0, 0.05) is 24.0 Å². The Balaban J connectivity index is 2.11. The molecule has 214 valence electrons. The molecule has 0 heterocycles. The van der Waals surface area contributed by atoms with Gasteiger partial charge < -0.3 is 10.2 Å².